The summed E-state index contributed by atoms with van der Waals surface area (Å²) in [4.78, 5) is 16.4. The number of nitrogens with zero attached hydrogens (tertiary/aromatic N) is 2. The molecular formula is C20H22N2O2. The van der Waals surface area contributed by atoms with E-state index in [2.05, 4.69) is 4.90 Å². The van der Waals surface area contributed by atoms with Crippen LogP contribution in [0.3, 0.4) is 0 Å². The molecular weight excluding hydrogens is 300 g/mol. The van der Waals surface area contributed by atoms with Gasteiger partial charge in [-0.2, -0.15) is 0 Å². The zero-order valence-electron chi connectivity index (χ0n) is 13.9. The van der Waals surface area contributed by atoms with E-state index in [1.54, 1.807) is 18.2 Å². The lowest BCUT2D eigenvalue weighted by atomic mass is 10.1. The van der Waals surface area contributed by atoms with E-state index in [4.69, 9.17) is 0 Å². The van der Waals surface area contributed by atoms with Gasteiger partial charge >= 0.3 is 0 Å². The van der Waals surface area contributed by atoms with Crippen molar-refractivity contribution in [1.82, 2.24) is 4.90 Å². The van der Waals surface area contributed by atoms with Crippen molar-refractivity contribution in [3.8, 4) is 5.75 Å². The highest BCUT2D eigenvalue weighted by Crippen LogP contribution is 2.20. The second-order valence-corrected chi connectivity index (χ2v) is 6.07. The van der Waals surface area contributed by atoms with Gasteiger partial charge in [-0.25, -0.2) is 0 Å². The fraction of sp³-hybridized carbons (Fsp3) is 0.250. The van der Waals surface area contributed by atoms with Crippen LogP contribution in [0.2, 0.25) is 0 Å². The van der Waals surface area contributed by atoms with Crippen molar-refractivity contribution in [2.75, 3.05) is 31.1 Å². The molecule has 3 rings (SSSR count). The van der Waals surface area contributed by atoms with Gasteiger partial charge in [0.05, 0.1) is 0 Å². The predicted octanol–water partition coefficient (Wildman–Crippen LogP) is 3.06. The predicted molar refractivity (Wildman–Crippen MR) is 97.1 cm³/mol. The maximum atomic E-state index is 12.3. The van der Waals surface area contributed by atoms with Crippen LogP contribution in [0.15, 0.2) is 54.6 Å². The molecule has 0 unspecified atom stereocenters. The Balaban J connectivity index is 1.55. The van der Waals surface area contributed by atoms with Gasteiger partial charge in [0.1, 0.15) is 5.75 Å². The number of piperazine rings is 1. The van der Waals surface area contributed by atoms with Crippen LogP contribution >= 0.6 is 0 Å². The summed E-state index contributed by atoms with van der Waals surface area (Å²) in [7, 11) is 0. The maximum absolute atomic E-state index is 12.3. The lowest BCUT2D eigenvalue weighted by Gasteiger charge is -2.35. The fourth-order valence-electron chi connectivity index (χ4n) is 2.80. The normalized spacial score (nSPS) is 15.0. The summed E-state index contributed by atoms with van der Waals surface area (Å²) in [5.74, 6) is 0.328. The molecule has 1 amide bonds. The molecule has 0 radical (unpaired) electrons. The lowest BCUT2D eigenvalue weighted by Crippen LogP contribution is -2.48. The van der Waals surface area contributed by atoms with Crippen molar-refractivity contribution < 1.29 is 9.90 Å². The number of aromatic hydroxyl groups is 1. The molecule has 124 valence electrons. The summed E-state index contributed by atoms with van der Waals surface area (Å²) >= 11 is 0. The van der Waals surface area contributed by atoms with Crippen molar-refractivity contribution in [1.29, 1.82) is 0 Å². The number of amides is 1. The molecule has 2 aromatic rings. The molecule has 4 nitrogen and oxygen atoms in total. The average molecular weight is 322 g/mol. The first-order chi connectivity index (χ1) is 11.6. The number of carbonyl (C=O) groups is 1. The van der Waals surface area contributed by atoms with Gasteiger partial charge in [0.15, 0.2) is 0 Å². The van der Waals surface area contributed by atoms with E-state index < -0.39 is 0 Å². The topological polar surface area (TPSA) is 43.8 Å². The molecule has 0 spiro atoms. The van der Waals surface area contributed by atoms with Gasteiger partial charge in [0, 0.05) is 37.9 Å². The molecule has 24 heavy (non-hydrogen) atoms. The van der Waals surface area contributed by atoms with Gasteiger partial charge in [-0.3, -0.25) is 4.79 Å². The summed E-state index contributed by atoms with van der Waals surface area (Å²) < 4.78 is 0. The summed E-state index contributed by atoms with van der Waals surface area (Å²) in [6.45, 7) is 5.06. The van der Waals surface area contributed by atoms with Crippen LogP contribution < -0.4 is 4.90 Å². The number of rotatable bonds is 3. The minimum Gasteiger partial charge on any atom is -0.508 e. The lowest BCUT2D eigenvalue weighted by molar-refractivity contribution is -0.126. The number of carbonyl (C=O) groups excluding carboxylic acids is 1. The summed E-state index contributed by atoms with van der Waals surface area (Å²) in [6.07, 6.45) is 3.52. The number of hydrogen-bond donors (Lipinski definition) is 1. The third kappa shape index (κ3) is 3.96. The Hall–Kier alpha value is -2.75. The highest BCUT2D eigenvalue weighted by atomic mass is 16.3. The van der Waals surface area contributed by atoms with Crippen molar-refractivity contribution >= 4 is 17.7 Å². The molecule has 2 aromatic carbocycles. The van der Waals surface area contributed by atoms with E-state index in [-0.39, 0.29) is 11.7 Å². The highest BCUT2D eigenvalue weighted by molar-refractivity contribution is 5.92. The quantitative estimate of drug-likeness (QED) is 0.883. The van der Waals surface area contributed by atoms with Crippen molar-refractivity contribution in [3.05, 3.63) is 65.7 Å². The summed E-state index contributed by atoms with van der Waals surface area (Å²) in [6, 6.07) is 15.3. The smallest absolute Gasteiger partial charge is 0.246 e. The molecule has 1 fully saturated rings. The van der Waals surface area contributed by atoms with E-state index in [1.165, 1.54) is 5.56 Å². The second kappa shape index (κ2) is 7.21. The number of hydrogen-bond acceptors (Lipinski definition) is 3. The van der Waals surface area contributed by atoms with Crippen molar-refractivity contribution in [2.24, 2.45) is 0 Å². The first kappa shape index (κ1) is 16.1. The largest absolute Gasteiger partial charge is 0.508 e. The summed E-state index contributed by atoms with van der Waals surface area (Å²) in [5.41, 5.74) is 3.33. The Morgan fingerprint density at radius 3 is 2.21 bits per heavy atom. The standard InChI is InChI=1S/C20H22N2O2/c1-16-2-4-17(5-3-16)6-11-20(24)22-14-12-21(13-15-22)18-7-9-19(23)10-8-18/h2-11,23H,12-15H2,1H3/b11-6+. The van der Waals surface area contributed by atoms with Crippen LogP contribution in [-0.4, -0.2) is 42.1 Å². The number of phenolic OH excluding ortho intramolecular Hbond substituents is 1. The zero-order valence-corrected chi connectivity index (χ0v) is 13.9. The number of phenols is 1. The maximum Gasteiger partial charge on any atom is 0.246 e. The molecule has 0 aliphatic carbocycles. The van der Waals surface area contributed by atoms with Crippen LogP contribution in [0, 0.1) is 6.92 Å². The van der Waals surface area contributed by atoms with Gasteiger partial charge in [0.2, 0.25) is 5.91 Å². The van der Waals surface area contributed by atoms with Crippen LogP contribution in [0.1, 0.15) is 11.1 Å². The van der Waals surface area contributed by atoms with Crippen LogP contribution in [0.4, 0.5) is 5.69 Å². The first-order valence-electron chi connectivity index (χ1n) is 8.19. The average Bonchev–Trinajstić information content (AvgIpc) is 2.62. The molecule has 1 aliphatic rings. The molecule has 0 saturated carbocycles. The molecule has 4 heteroatoms. The van der Waals surface area contributed by atoms with Crippen LogP contribution in [0.5, 0.6) is 5.75 Å². The Bertz CT molecular complexity index is 712. The molecule has 0 bridgehead atoms. The summed E-state index contributed by atoms with van der Waals surface area (Å²) in [5, 5.41) is 9.36. The van der Waals surface area contributed by atoms with E-state index >= 15 is 0 Å². The Morgan fingerprint density at radius 1 is 0.958 bits per heavy atom. The zero-order chi connectivity index (χ0) is 16.9. The van der Waals surface area contributed by atoms with E-state index in [9.17, 15) is 9.90 Å². The monoisotopic (exact) mass is 322 g/mol. The molecule has 1 N–H and O–H groups in total. The Kier molecular flexibility index (Phi) is 4.85. The SMILES string of the molecule is Cc1ccc(/C=C/C(=O)N2CCN(c3ccc(O)cc3)CC2)cc1. The van der Waals surface area contributed by atoms with Crippen LogP contribution in [-0.2, 0) is 4.79 Å². The van der Waals surface area contributed by atoms with E-state index in [0.717, 1.165) is 24.3 Å². The molecule has 1 heterocycles. The Labute approximate surface area is 142 Å². The third-order valence-corrected chi connectivity index (χ3v) is 4.30. The number of benzene rings is 2. The minimum atomic E-state index is 0.0564. The molecule has 1 aliphatic heterocycles. The first-order valence-corrected chi connectivity index (χ1v) is 8.19. The van der Waals surface area contributed by atoms with Gasteiger partial charge in [0.25, 0.3) is 0 Å². The fourth-order valence-corrected chi connectivity index (χ4v) is 2.80. The van der Waals surface area contributed by atoms with E-state index in [1.807, 2.05) is 54.3 Å². The number of aryl methyl sites for hydroxylation is 1. The molecule has 1 saturated heterocycles. The van der Waals surface area contributed by atoms with Gasteiger partial charge in [-0.05, 0) is 42.8 Å². The molecule has 0 atom stereocenters. The van der Waals surface area contributed by atoms with E-state index in [0.29, 0.717) is 13.1 Å². The molecule has 0 aromatic heterocycles. The van der Waals surface area contributed by atoms with Gasteiger partial charge in [-0.1, -0.05) is 29.8 Å². The van der Waals surface area contributed by atoms with Crippen molar-refractivity contribution in [3.63, 3.8) is 0 Å². The van der Waals surface area contributed by atoms with Gasteiger partial charge in [-0.15, -0.1) is 0 Å². The number of anilines is 1. The third-order valence-electron chi connectivity index (χ3n) is 4.30. The highest BCUT2D eigenvalue weighted by Gasteiger charge is 2.19. The Morgan fingerprint density at radius 2 is 1.58 bits per heavy atom. The van der Waals surface area contributed by atoms with Gasteiger partial charge < -0.3 is 14.9 Å². The van der Waals surface area contributed by atoms with Crippen molar-refractivity contribution in [2.45, 2.75) is 6.92 Å². The van der Waals surface area contributed by atoms with Crippen LogP contribution in [0.25, 0.3) is 6.08 Å². The minimum absolute atomic E-state index is 0.0564. The second-order valence-electron chi connectivity index (χ2n) is 6.07.